The number of benzene rings is 2. The van der Waals surface area contributed by atoms with Crippen LogP contribution >= 0.6 is 0 Å². The molecule has 0 saturated heterocycles. The molecule has 2 aromatic carbocycles. The Balaban J connectivity index is 1.48. The summed E-state index contributed by atoms with van der Waals surface area (Å²) in [6.07, 6.45) is 2.18. The summed E-state index contributed by atoms with van der Waals surface area (Å²) in [7, 11) is 0. The van der Waals surface area contributed by atoms with E-state index in [1.54, 1.807) is 37.4 Å². The van der Waals surface area contributed by atoms with Gasteiger partial charge in [-0.15, -0.1) is 5.10 Å². The largest absolute Gasteiger partial charge is 0.451 e. The lowest BCUT2D eigenvalue weighted by atomic mass is 10.1. The van der Waals surface area contributed by atoms with Gasteiger partial charge < -0.3 is 9.72 Å². The van der Waals surface area contributed by atoms with Gasteiger partial charge in [-0.2, -0.15) is 0 Å². The van der Waals surface area contributed by atoms with Crippen LogP contribution in [0.5, 0.6) is 0 Å². The highest BCUT2D eigenvalue weighted by molar-refractivity contribution is 6.10. The van der Waals surface area contributed by atoms with Crippen molar-refractivity contribution in [3.8, 4) is 5.69 Å². The van der Waals surface area contributed by atoms with E-state index in [-0.39, 0.29) is 5.78 Å². The van der Waals surface area contributed by atoms with Crippen molar-refractivity contribution in [2.45, 2.75) is 13.0 Å². The summed E-state index contributed by atoms with van der Waals surface area (Å²) >= 11 is 0. The van der Waals surface area contributed by atoms with Crippen molar-refractivity contribution in [3.63, 3.8) is 0 Å². The van der Waals surface area contributed by atoms with Crippen molar-refractivity contribution in [3.05, 3.63) is 72.2 Å². The molecule has 0 aliphatic heterocycles. The van der Waals surface area contributed by atoms with E-state index >= 15 is 0 Å². The molecule has 0 radical (unpaired) electrons. The molecule has 8 nitrogen and oxygen atoms in total. The number of hydrogen-bond acceptors (Lipinski definition) is 6. The molecule has 1 N–H and O–H groups in total. The molecule has 0 spiro atoms. The quantitative estimate of drug-likeness (QED) is 0.433. The summed E-state index contributed by atoms with van der Waals surface area (Å²) in [5.74, 6) is -0.829. The van der Waals surface area contributed by atoms with Gasteiger partial charge in [-0.05, 0) is 47.7 Å². The number of ketones is 1. The number of hydrogen-bond donors (Lipinski definition) is 1. The second kappa shape index (κ2) is 6.83. The third-order valence-electron chi connectivity index (χ3n) is 4.22. The van der Waals surface area contributed by atoms with E-state index in [2.05, 4.69) is 20.5 Å². The molecule has 134 valence electrons. The molecule has 0 unspecified atom stereocenters. The third kappa shape index (κ3) is 3.20. The zero-order valence-electron chi connectivity index (χ0n) is 14.4. The zero-order chi connectivity index (χ0) is 18.8. The first-order chi connectivity index (χ1) is 13.1. The number of nitrogens with zero attached hydrogens (tertiary/aromatic N) is 4. The van der Waals surface area contributed by atoms with Gasteiger partial charge in [-0.3, -0.25) is 4.79 Å². The molecule has 0 fully saturated rings. The Morgan fingerprint density at radius 3 is 2.63 bits per heavy atom. The van der Waals surface area contributed by atoms with E-state index in [1.165, 1.54) is 11.0 Å². The highest BCUT2D eigenvalue weighted by Gasteiger charge is 2.22. The Hall–Kier alpha value is -3.81. The van der Waals surface area contributed by atoms with E-state index in [0.717, 1.165) is 10.9 Å². The number of H-pyrrole nitrogens is 1. The predicted octanol–water partition coefficient (Wildman–Crippen LogP) is 2.57. The van der Waals surface area contributed by atoms with Crippen LogP contribution in [-0.4, -0.2) is 43.0 Å². The number of aromatic nitrogens is 5. The molecular formula is C19H15N5O3. The number of nitrogens with one attached hydrogen (secondary N) is 1. The Morgan fingerprint density at radius 2 is 1.89 bits per heavy atom. The second-order valence-corrected chi connectivity index (χ2v) is 5.96. The molecule has 0 aliphatic carbocycles. The Morgan fingerprint density at radius 1 is 1.11 bits per heavy atom. The van der Waals surface area contributed by atoms with Crippen LogP contribution in [0.15, 0.2) is 61.1 Å². The number of ether oxygens (including phenoxy) is 1. The number of Topliss-reactive ketones (excluding diaryl/α,β-unsaturated/α-hetero) is 1. The minimum absolute atomic E-state index is 0.258. The van der Waals surface area contributed by atoms with Crippen LogP contribution in [0, 0.1) is 0 Å². The minimum atomic E-state index is -0.907. The van der Waals surface area contributed by atoms with Gasteiger partial charge >= 0.3 is 5.97 Å². The number of rotatable bonds is 5. The average Bonchev–Trinajstić information content (AvgIpc) is 3.37. The van der Waals surface area contributed by atoms with Crippen LogP contribution in [0.3, 0.4) is 0 Å². The zero-order valence-corrected chi connectivity index (χ0v) is 14.4. The van der Waals surface area contributed by atoms with Gasteiger partial charge in [0.05, 0.1) is 11.3 Å². The monoisotopic (exact) mass is 361 g/mol. The average molecular weight is 361 g/mol. The van der Waals surface area contributed by atoms with Crippen LogP contribution in [0.1, 0.15) is 27.6 Å². The van der Waals surface area contributed by atoms with Gasteiger partial charge in [0.15, 0.2) is 6.10 Å². The van der Waals surface area contributed by atoms with Crippen molar-refractivity contribution >= 4 is 22.7 Å². The summed E-state index contributed by atoms with van der Waals surface area (Å²) in [5, 5.41) is 11.7. The Bertz CT molecular complexity index is 1100. The van der Waals surface area contributed by atoms with Crippen molar-refractivity contribution < 1.29 is 14.3 Å². The Labute approximate surface area is 153 Å². The number of tetrazole rings is 1. The molecule has 8 heteroatoms. The molecule has 0 saturated carbocycles. The standard InChI is InChI=1S/C19H15N5O3/c1-12(18(25)16-10-20-17-5-3-2-4-15(16)17)27-19(26)13-6-8-14(9-7-13)24-11-21-22-23-24/h2-12,20H,1H3/t12-/m0/s1. The minimum Gasteiger partial charge on any atom is -0.451 e. The van der Waals surface area contributed by atoms with Gasteiger partial charge in [-0.1, -0.05) is 18.2 Å². The maximum absolute atomic E-state index is 12.7. The molecule has 0 bridgehead atoms. The predicted molar refractivity (Wildman–Crippen MR) is 96.7 cm³/mol. The summed E-state index contributed by atoms with van der Waals surface area (Å²) in [6.45, 7) is 1.57. The lowest BCUT2D eigenvalue weighted by molar-refractivity contribution is 0.0319. The van der Waals surface area contributed by atoms with Crippen molar-refractivity contribution in [2.75, 3.05) is 0 Å². The summed E-state index contributed by atoms with van der Waals surface area (Å²) < 4.78 is 6.82. The fraction of sp³-hybridized carbons (Fsp3) is 0.105. The summed E-state index contributed by atoms with van der Waals surface area (Å²) in [4.78, 5) is 28.1. The molecule has 1 atom stereocenters. The van der Waals surface area contributed by atoms with Crippen molar-refractivity contribution in [1.82, 2.24) is 25.2 Å². The highest BCUT2D eigenvalue weighted by Crippen LogP contribution is 2.20. The second-order valence-electron chi connectivity index (χ2n) is 5.96. The van der Waals surface area contributed by atoms with Crippen molar-refractivity contribution in [2.24, 2.45) is 0 Å². The normalized spacial score (nSPS) is 12.0. The first-order valence-electron chi connectivity index (χ1n) is 8.28. The number of aromatic amines is 1. The Kier molecular flexibility index (Phi) is 4.21. The third-order valence-corrected chi connectivity index (χ3v) is 4.22. The van der Waals surface area contributed by atoms with E-state index < -0.39 is 12.1 Å². The first kappa shape index (κ1) is 16.6. The smallest absolute Gasteiger partial charge is 0.338 e. The van der Waals surface area contributed by atoms with Crippen LogP contribution in [0.25, 0.3) is 16.6 Å². The van der Waals surface area contributed by atoms with Crippen molar-refractivity contribution in [1.29, 1.82) is 0 Å². The lowest BCUT2D eigenvalue weighted by Gasteiger charge is -2.12. The molecule has 4 rings (SSSR count). The van der Waals surface area contributed by atoms with Crippen LogP contribution in [-0.2, 0) is 4.74 Å². The van der Waals surface area contributed by atoms with E-state index in [1.807, 2.05) is 24.3 Å². The molecular weight excluding hydrogens is 346 g/mol. The molecule has 0 aliphatic rings. The molecule has 2 aromatic heterocycles. The number of carbonyl (C=O) groups excluding carboxylic acids is 2. The van der Waals surface area contributed by atoms with Gasteiger partial charge in [0.1, 0.15) is 6.33 Å². The summed E-state index contributed by atoms with van der Waals surface area (Å²) in [6, 6.07) is 14.1. The van der Waals surface area contributed by atoms with Gasteiger partial charge in [-0.25, -0.2) is 9.48 Å². The number of para-hydroxylation sites is 1. The van der Waals surface area contributed by atoms with E-state index in [4.69, 9.17) is 4.74 Å². The van der Waals surface area contributed by atoms with Gasteiger partial charge in [0.2, 0.25) is 5.78 Å². The maximum Gasteiger partial charge on any atom is 0.338 e. The van der Waals surface area contributed by atoms with Gasteiger partial charge in [0, 0.05) is 22.7 Å². The molecule has 27 heavy (non-hydrogen) atoms. The summed E-state index contributed by atoms with van der Waals surface area (Å²) in [5.41, 5.74) is 2.40. The topological polar surface area (TPSA) is 103 Å². The number of carbonyl (C=O) groups is 2. The SMILES string of the molecule is C[C@H](OC(=O)c1ccc(-n2cnnn2)cc1)C(=O)c1c[nH]c2ccccc12. The van der Waals surface area contributed by atoms with E-state index in [0.29, 0.717) is 16.8 Å². The van der Waals surface area contributed by atoms with Crippen LogP contribution in [0.4, 0.5) is 0 Å². The van der Waals surface area contributed by atoms with E-state index in [9.17, 15) is 9.59 Å². The van der Waals surface area contributed by atoms with Crippen LogP contribution < -0.4 is 0 Å². The molecule has 0 amide bonds. The number of esters is 1. The highest BCUT2D eigenvalue weighted by atomic mass is 16.5. The lowest BCUT2D eigenvalue weighted by Crippen LogP contribution is -2.24. The first-order valence-corrected chi connectivity index (χ1v) is 8.28. The maximum atomic E-state index is 12.7. The number of fused-ring (bicyclic) bond motifs is 1. The van der Waals surface area contributed by atoms with Crippen LogP contribution in [0.2, 0.25) is 0 Å². The fourth-order valence-electron chi connectivity index (χ4n) is 2.81. The molecule has 4 aromatic rings. The molecule has 2 heterocycles. The fourth-order valence-corrected chi connectivity index (χ4v) is 2.81. The van der Waals surface area contributed by atoms with Gasteiger partial charge in [0.25, 0.3) is 0 Å².